The molecule has 0 bridgehead atoms. The summed E-state index contributed by atoms with van der Waals surface area (Å²) in [4.78, 5) is 0. The molecule has 2 atom stereocenters. The fourth-order valence-electron chi connectivity index (χ4n) is 6.01. The SMILES string of the molecule is C=C=CC/C([B]C(C)(C)C1(C)C=CC=C([B]C2(C)C=CC/C(C(C)(C)[B]C3(C)C=CC=CC=C3)=C\C=C/2)C=C1)=C/C=C\C. The smallest absolute Gasteiger partial charge is 0.133 e. The molecule has 0 nitrogen and oxygen atoms in total. The molecule has 0 aromatic rings. The standard InChI is InChI=1S/C40H50B3/c1-10-12-23-34(24-13-11-2)41-37(5,6)38(7)27-20-25-35(26-32-38)42-39(8)30-18-21-33(22-19-31-39)36(3,4)43-40(9)28-16-14-15-17-29-40/h11-21,24-32H,1,22-23H2,2-9H3/b13-11-,30-18-,31-19?,33-21+,34-24-. The monoisotopic (exact) mass is 563 g/mol. The van der Waals surface area contributed by atoms with E-state index in [1.54, 1.807) is 0 Å². The highest BCUT2D eigenvalue weighted by atomic mass is 14.3. The third-order valence-electron chi connectivity index (χ3n) is 9.06. The van der Waals surface area contributed by atoms with Crippen molar-refractivity contribution >= 4 is 21.8 Å². The van der Waals surface area contributed by atoms with Gasteiger partial charge in [0.05, 0.1) is 0 Å². The lowest BCUT2D eigenvalue weighted by Crippen LogP contribution is -2.32. The third-order valence-corrected chi connectivity index (χ3v) is 9.06. The van der Waals surface area contributed by atoms with E-state index in [-0.39, 0.29) is 26.7 Å². The van der Waals surface area contributed by atoms with Crippen LogP contribution in [0, 0.1) is 5.41 Å². The lowest BCUT2D eigenvalue weighted by atomic mass is 9.38. The molecule has 3 aliphatic carbocycles. The Morgan fingerprint density at radius 1 is 0.884 bits per heavy atom. The Morgan fingerprint density at radius 2 is 1.56 bits per heavy atom. The van der Waals surface area contributed by atoms with E-state index in [9.17, 15) is 0 Å². The average Bonchev–Trinajstić information content (AvgIpc) is 3.25. The Hall–Kier alpha value is -3.15. The van der Waals surface area contributed by atoms with Crippen LogP contribution in [0.3, 0.4) is 0 Å². The summed E-state index contributed by atoms with van der Waals surface area (Å²) in [6, 6.07) is 0. The van der Waals surface area contributed by atoms with Crippen LogP contribution in [0.2, 0.25) is 21.3 Å². The molecule has 0 aromatic carbocycles. The second-order valence-corrected chi connectivity index (χ2v) is 13.9. The molecule has 0 aliphatic heterocycles. The van der Waals surface area contributed by atoms with E-state index in [4.69, 9.17) is 0 Å². The second kappa shape index (κ2) is 14.6. The van der Waals surface area contributed by atoms with E-state index in [0.717, 1.165) is 12.8 Å². The van der Waals surface area contributed by atoms with Gasteiger partial charge in [0.1, 0.15) is 7.28 Å². The fraction of sp³-hybridized carbons (Fsp3) is 0.375. The average molecular weight is 563 g/mol. The van der Waals surface area contributed by atoms with Gasteiger partial charge >= 0.3 is 0 Å². The molecule has 3 radical (unpaired) electrons. The number of hydrogen-bond acceptors (Lipinski definition) is 0. The second-order valence-electron chi connectivity index (χ2n) is 13.9. The van der Waals surface area contributed by atoms with Crippen LogP contribution < -0.4 is 0 Å². The quantitative estimate of drug-likeness (QED) is 0.102. The minimum absolute atomic E-state index is 0.0462. The molecule has 0 heterocycles. The van der Waals surface area contributed by atoms with Gasteiger partial charge in [-0.1, -0.05) is 182 Å². The number of allylic oxidation sites excluding steroid dienone is 23. The zero-order chi connectivity index (χ0) is 31.6. The van der Waals surface area contributed by atoms with Crippen LogP contribution in [-0.2, 0) is 0 Å². The van der Waals surface area contributed by atoms with Crippen LogP contribution in [0.1, 0.15) is 68.2 Å². The first-order valence-electron chi connectivity index (χ1n) is 15.7. The molecular formula is C40H50B3. The van der Waals surface area contributed by atoms with E-state index < -0.39 is 0 Å². The molecule has 2 unspecified atom stereocenters. The van der Waals surface area contributed by atoms with Gasteiger partial charge in [-0.05, 0) is 47.1 Å². The molecule has 0 amide bonds. The first-order chi connectivity index (χ1) is 20.3. The van der Waals surface area contributed by atoms with Crippen molar-refractivity contribution in [3.8, 4) is 0 Å². The van der Waals surface area contributed by atoms with Crippen LogP contribution >= 0.6 is 0 Å². The van der Waals surface area contributed by atoms with Crippen molar-refractivity contribution in [2.75, 3.05) is 0 Å². The molecule has 0 fully saturated rings. The lowest BCUT2D eigenvalue weighted by Gasteiger charge is -2.41. The summed E-state index contributed by atoms with van der Waals surface area (Å²) in [5.74, 6) is 0. The number of hydrogen-bond donors (Lipinski definition) is 0. The molecule has 3 rings (SSSR count). The van der Waals surface area contributed by atoms with Crippen molar-refractivity contribution in [2.45, 2.75) is 89.5 Å². The largest absolute Gasteiger partial charge is 0.168 e. The predicted molar refractivity (Wildman–Crippen MR) is 196 cm³/mol. The van der Waals surface area contributed by atoms with Gasteiger partial charge in [-0.15, -0.1) is 11.2 Å². The Bertz CT molecular complexity index is 1370. The summed E-state index contributed by atoms with van der Waals surface area (Å²) in [7, 11) is 7.24. The summed E-state index contributed by atoms with van der Waals surface area (Å²) in [5.41, 5.74) is 6.68. The molecule has 0 spiro atoms. The van der Waals surface area contributed by atoms with Gasteiger partial charge in [-0.2, -0.15) is 0 Å². The van der Waals surface area contributed by atoms with Gasteiger partial charge in [-0.3, -0.25) is 0 Å². The minimum atomic E-state index is -0.174. The Kier molecular flexibility index (Phi) is 11.6. The molecule has 0 aromatic heterocycles. The molecule has 43 heavy (non-hydrogen) atoms. The Balaban J connectivity index is 1.74. The van der Waals surface area contributed by atoms with Crippen molar-refractivity contribution in [3.05, 3.63) is 150 Å². The van der Waals surface area contributed by atoms with Crippen LogP contribution in [-0.4, -0.2) is 21.8 Å². The van der Waals surface area contributed by atoms with E-state index in [2.05, 4.69) is 198 Å². The first kappa shape index (κ1) is 34.3. The summed E-state index contributed by atoms with van der Waals surface area (Å²) in [6.45, 7) is 22.0. The maximum atomic E-state index is 3.75. The molecule has 3 heteroatoms. The Morgan fingerprint density at radius 3 is 2.23 bits per heavy atom. The molecule has 219 valence electrons. The van der Waals surface area contributed by atoms with Crippen LogP contribution in [0.15, 0.2) is 150 Å². The highest BCUT2D eigenvalue weighted by Crippen LogP contribution is 2.50. The van der Waals surface area contributed by atoms with Crippen molar-refractivity contribution in [3.63, 3.8) is 0 Å². The van der Waals surface area contributed by atoms with E-state index in [1.165, 1.54) is 16.5 Å². The zero-order valence-electron chi connectivity index (χ0n) is 27.9. The molecule has 0 saturated carbocycles. The van der Waals surface area contributed by atoms with Gasteiger partial charge in [0.25, 0.3) is 0 Å². The van der Waals surface area contributed by atoms with Crippen LogP contribution in [0.4, 0.5) is 0 Å². The fourth-order valence-corrected chi connectivity index (χ4v) is 6.01. The van der Waals surface area contributed by atoms with Gasteiger partial charge in [-0.25, -0.2) is 0 Å². The van der Waals surface area contributed by atoms with E-state index in [1.807, 2.05) is 13.0 Å². The molecule has 3 aliphatic rings. The van der Waals surface area contributed by atoms with E-state index in [0.29, 0.717) is 0 Å². The van der Waals surface area contributed by atoms with Crippen LogP contribution in [0.5, 0.6) is 0 Å². The topological polar surface area (TPSA) is 0 Å². The van der Waals surface area contributed by atoms with Crippen LogP contribution in [0.25, 0.3) is 0 Å². The highest BCUT2D eigenvalue weighted by molar-refractivity contribution is 6.52. The highest BCUT2D eigenvalue weighted by Gasteiger charge is 2.38. The predicted octanol–water partition coefficient (Wildman–Crippen LogP) is 11.2. The number of rotatable bonds is 11. The van der Waals surface area contributed by atoms with Crippen molar-refractivity contribution in [2.24, 2.45) is 5.41 Å². The minimum Gasteiger partial charge on any atom is -0.133 e. The van der Waals surface area contributed by atoms with Gasteiger partial charge < -0.3 is 0 Å². The summed E-state index contributed by atoms with van der Waals surface area (Å²) in [6.07, 6.45) is 46.2. The van der Waals surface area contributed by atoms with Crippen molar-refractivity contribution in [1.29, 1.82) is 0 Å². The molecular weight excluding hydrogens is 513 g/mol. The third kappa shape index (κ3) is 9.68. The maximum Gasteiger partial charge on any atom is 0.168 e. The zero-order valence-corrected chi connectivity index (χ0v) is 27.9. The normalized spacial score (nSPS) is 27.2. The molecule has 0 N–H and O–H groups in total. The maximum absolute atomic E-state index is 3.75. The van der Waals surface area contributed by atoms with Crippen molar-refractivity contribution < 1.29 is 0 Å². The van der Waals surface area contributed by atoms with Crippen molar-refractivity contribution in [1.82, 2.24) is 0 Å². The van der Waals surface area contributed by atoms with E-state index >= 15 is 0 Å². The lowest BCUT2D eigenvalue weighted by molar-refractivity contribution is 0.401. The first-order valence-corrected chi connectivity index (χ1v) is 15.7. The van der Waals surface area contributed by atoms with Gasteiger partial charge in [0.2, 0.25) is 0 Å². The summed E-state index contributed by atoms with van der Waals surface area (Å²) >= 11 is 0. The summed E-state index contributed by atoms with van der Waals surface area (Å²) < 4.78 is 0. The Labute approximate surface area is 266 Å². The van der Waals surface area contributed by atoms with Gasteiger partial charge in [0, 0.05) is 5.41 Å². The molecule has 0 saturated heterocycles. The van der Waals surface area contributed by atoms with Gasteiger partial charge in [0.15, 0.2) is 14.6 Å². The summed E-state index contributed by atoms with van der Waals surface area (Å²) in [5, 5.41) is -0.399.